The highest BCUT2D eigenvalue weighted by Crippen LogP contribution is 2.38. The molecule has 0 aliphatic heterocycles. The Labute approximate surface area is 213 Å². The zero-order valence-corrected chi connectivity index (χ0v) is 20.1. The molecule has 0 spiro atoms. The van der Waals surface area contributed by atoms with E-state index in [-0.39, 0.29) is 0 Å². The van der Waals surface area contributed by atoms with Crippen LogP contribution in [0.4, 0.5) is 22.7 Å². The predicted octanol–water partition coefficient (Wildman–Crippen LogP) is 9.22. The van der Waals surface area contributed by atoms with E-state index in [9.17, 15) is 0 Å². The number of benzene rings is 5. The molecule has 1 N–H and O–H groups in total. The Morgan fingerprint density at radius 1 is 0.500 bits per heavy atom. The summed E-state index contributed by atoms with van der Waals surface area (Å²) < 4.78 is 0. The summed E-state index contributed by atoms with van der Waals surface area (Å²) in [6.45, 7) is 0. The molecular formula is C34H28N2. The molecule has 1 aliphatic carbocycles. The molecule has 0 bridgehead atoms. The van der Waals surface area contributed by atoms with E-state index in [1.165, 1.54) is 28.0 Å². The van der Waals surface area contributed by atoms with E-state index in [2.05, 4.69) is 144 Å². The van der Waals surface area contributed by atoms with Crippen molar-refractivity contribution in [2.24, 2.45) is 0 Å². The number of anilines is 4. The maximum absolute atomic E-state index is 3.55. The van der Waals surface area contributed by atoms with Crippen molar-refractivity contribution in [3.05, 3.63) is 151 Å². The normalized spacial score (nSPS) is 12.4. The zero-order valence-electron chi connectivity index (χ0n) is 20.1. The Balaban J connectivity index is 1.28. The minimum absolute atomic E-state index is 1.05. The quantitative estimate of drug-likeness (QED) is 0.269. The van der Waals surface area contributed by atoms with E-state index < -0.39 is 0 Å². The fourth-order valence-corrected chi connectivity index (χ4v) is 4.92. The third kappa shape index (κ3) is 4.54. The smallest absolute Gasteiger partial charge is 0.0497 e. The lowest BCUT2D eigenvalue weighted by molar-refractivity contribution is 0.968. The molecule has 0 fully saturated rings. The van der Waals surface area contributed by atoms with Gasteiger partial charge in [0.05, 0.1) is 0 Å². The van der Waals surface area contributed by atoms with Gasteiger partial charge in [-0.1, -0.05) is 91.0 Å². The van der Waals surface area contributed by atoms with Crippen molar-refractivity contribution in [1.29, 1.82) is 0 Å². The van der Waals surface area contributed by atoms with E-state index in [4.69, 9.17) is 0 Å². The van der Waals surface area contributed by atoms with Gasteiger partial charge in [0.15, 0.2) is 0 Å². The van der Waals surface area contributed by atoms with Crippen LogP contribution in [0.3, 0.4) is 0 Å². The van der Waals surface area contributed by atoms with Gasteiger partial charge in [0.2, 0.25) is 0 Å². The van der Waals surface area contributed by atoms with Crippen molar-refractivity contribution in [1.82, 2.24) is 0 Å². The first kappa shape index (κ1) is 21.9. The summed E-state index contributed by atoms with van der Waals surface area (Å²) in [5.41, 5.74) is 10.9. The predicted molar refractivity (Wildman–Crippen MR) is 153 cm³/mol. The highest BCUT2D eigenvalue weighted by Gasteiger charge is 2.20. The second-order valence-electron chi connectivity index (χ2n) is 9.07. The number of allylic oxidation sites excluding steroid dienone is 1. The lowest BCUT2D eigenvalue weighted by Crippen LogP contribution is -2.18. The standard InChI is InChI=1S/C34H28N2/c1-3-10-26(11-4-1)27-18-20-29(21-19-27)35-30-22-24-32(25-23-30)36(31-14-5-2-6-15-31)34-17-9-13-28-12-7-8-16-33(28)34/h1-8,10-12,14-25,35H,9,13H2. The first-order valence-corrected chi connectivity index (χ1v) is 12.5. The Morgan fingerprint density at radius 3 is 1.78 bits per heavy atom. The molecular weight excluding hydrogens is 436 g/mol. The van der Waals surface area contributed by atoms with Crippen molar-refractivity contribution in [2.75, 3.05) is 10.2 Å². The van der Waals surface area contributed by atoms with Crippen LogP contribution in [0.25, 0.3) is 16.8 Å². The number of para-hydroxylation sites is 1. The Hall–Kier alpha value is -4.56. The van der Waals surface area contributed by atoms with Gasteiger partial charge in [0, 0.05) is 34.0 Å². The number of hydrogen-bond donors (Lipinski definition) is 1. The van der Waals surface area contributed by atoms with Crippen molar-refractivity contribution < 1.29 is 0 Å². The Kier molecular flexibility index (Phi) is 6.08. The maximum Gasteiger partial charge on any atom is 0.0497 e. The third-order valence-corrected chi connectivity index (χ3v) is 6.71. The average molecular weight is 465 g/mol. The van der Waals surface area contributed by atoms with Gasteiger partial charge < -0.3 is 10.2 Å². The molecule has 2 nitrogen and oxygen atoms in total. The van der Waals surface area contributed by atoms with Crippen LogP contribution in [-0.2, 0) is 6.42 Å². The van der Waals surface area contributed by atoms with Crippen LogP contribution in [0, 0.1) is 0 Å². The molecule has 0 heterocycles. The highest BCUT2D eigenvalue weighted by atomic mass is 15.1. The average Bonchev–Trinajstić information content (AvgIpc) is 2.96. The molecule has 1 aliphatic rings. The largest absolute Gasteiger partial charge is 0.356 e. The molecule has 174 valence electrons. The summed E-state index contributed by atoms with van der Waals surface area (Å²) in [6, 6.07) is 47.2. The van der Waals surface area contributed by atoms with Crippen molar-refractivity contribution in [2.45, 2.75) is 12.8 Å². The van der Waals surface area contributed by atoms with Crippen molar-refractivity contribution in [3.63, 3.8) is 0 Å². The first-order valence-electron chi connectivity index (χ1n) is 12.5. The van der Waals surface area contributed by atoms with Gasteiger partial charge in [-0.05, 0) is 78.1 Å². The van der Waals surface area contributed by atoms with Gasteiger partial charge in [-0.3, -0.25) is 0 Å². The molecule has 6 rings (SSSR count). The SMILES string of the molecule is C1=C(N(c2ccccc2)c2ccc(Nc3ccc(-c4ccccc4)cc3)cc2)c2ccccc2CC1. The van der Waals surface area contributed by atoms with Gasteiger partial charge in [-0.25, -0.2) is 0 Å². The van der Waals surface area contributed by atoms with E-state index in [0.29, 0.717) is 0 Å². The molecule has 2 heteroatoms. The second kappa shape index (κ2) is 9.97. The number of hydrogen-bond acceptors (Lipinski definition) is 2. The Morgan fingerprint density at radius 2 is 1.06 bits per heavy atom. The molecule has 5 aromatic rings. The number of fused-ring (bicyclic) bond motifs is 1. The summed E-state index contributed by atoms with van der Waals surface area (Å²) in [7, 11) is 0. The van der Waals surface area contributed by atoms with Crippen LogP contribution < -0.4 is 10.2 Å². The van der Waals surface area contributed by atoms with E-state index in [1.807, 2.05) is 6.07 Å². The van der Waals surface area contributed by atoms with E-state index in [1.54, 1.807) is 0 Å². The van der Waals surface area contributed by atoms with E-state index in [0.717, 1.165) is 35.6 Å². The van der Waals surface area contributed by atoms with Gasteiger partial charge in [-0.2, -0.15) is 0 Å². The van der Waals surface area contributed by atoms with Crippen LogP contribution >= 0.6 is 0 Å². The molecule has 5 aromatic carbocycles. The number of aryl methyl sites for hydroxylation is 1. The zero-order chi connectivity index (χ0) is 24.2. The molecule has 0 amide bonds. The summed E-state index contributed by atoms with van der Waals surface area (Å²) in [6.07, 6.45) is 4.51. The number of nitrogens with one attached hydrogen (secondary N) is 1. The first-order chi connectivity index (χ1) is 17.8. The molecule has 0 aromatic heterocycles. The molecule has 0 atom stereocenters. The number of nitrogens with zero attached hydrogens (tertiary/aromatic N) is 1. The van der Waals surface area contributed by atoms with Gasteiger partial charge in [0.25, 0.3) is 0 Å². The van der Waals surface area contributed by atoms with E-state index >= 15 is 0 Å². The summed E-state index contributed by atoms with van der Waals surface area (Å²) in [5, 5.41) is 3.55. The lowest BCUT2D eigenvalue weighted by atomic mass is 9.93. The summed E-state index contributed by atoms with van der Waals surface area (Å²) >= 11 is 0. The summed E-state index contributed by atoms with van der Waals surface area (Å²) in [5.74, 6) is 0. The molecule has 0 saturated carbocycles. The van der Waals surface area contributed by atoms with Crippen LogP contribution in [0.2, 0.25) is 0 Å². The molecule has 0 unspecified atom stereocenters. The fourth-order valence-electron chi connectivity index (χ4n) is 4.92. The van der Waals surface area contributed by atoms with Gasteiger partial charge >= 0.3 is 0 Å². The molecule has 36 heavy (non-hydrogen) atoms. The monoisotopic (exact) mass is 464 g/mol. The van der Waals surface area contributed by atoms with Gasteiger partial charge in [0.1, 0.15) is 0 Å². The van der Waals surface area contributed by atoms with Crippen molar-refractivity contribution >= 4 is 28.4 Å². The highest BCUT2D eigenvalue weighted by molar-refractivity contribution is 5.89. The van der Waals surface area contributed by atoms with Crippen LogP contribution in [-0.4, -0.2) is 0 Å². The van der Waals surface area contributed by atoms with Crippen LogP contribution in [0.5, 0.6) is 0 Å². The fraction of sp³-hybridized carbons (Fsp3) is 0.0588. The van der Waals surface area contributed by atoms with Crippen LogP contribution in [0.15, 0.2) is 140 Å². The topological polar surface area (TPSA) is 15.3 Å². The van der Waals surface area contributed by atoms with Crippen molar-refractivity contribution in [3.8, 4) is 11.1 Å². The van der Waals surface area contributed by atoms with Gasteiger partial charge in [-0.15, -0.1) is 0 Å². The minimum Gasteiger partial charge on any atom is -0.356 e. The minimum atomic E-state index is 1.05. The lowest BCUT2D eigenvalue weighted by Gasteiger charge is -2.31. The third-order valence-electron chi connectivity index (χ3n) is 6.71. The maximum atomic E-state index is 3.55. The van der Waals surface area contributed by atoms with Crippen LogP contribution in [0.1, 0.15) is 17.5 Å². The summed E-state index contributed by atoms with van der Waals surface area (Å²) in [4.78, 5) is 2.37. The molecule has 0 radical (unpaired) electrons. The second-order valence-corrected chi connectivity index (χ2v) is 9.07. The molecule has 0 saturated heterocycles. The number of rotatable bonds is 6. The Bertz CT molecular complexity index is 1470.